The van der Waals surface area contributed by atoms with Crippen LogP contribution in [0.2, 0.25) is 0 Å². The van der Waals surface area contributed by atoms with E-state index in [1.165, 1.54) is 28.6 Å². The van der Waals surface area contributed by atoms with E-state index in [1.807, 2.05) is 6.07 Å². The van der Waals surface area contributed by atoms with Gasteiger partial charge in [0.05, 0.1) is 14.2 Å². The number of piperazine rings is 1. The number of aliphatic hydroxyl groups excluding tert-OH is 1. The van der Waals surface area contributed by atoms with Gasteiger partial charge in [-0.05, 0) is 24.1 Å². The first-order valence-electron chi connectivity index (χ1n) is 9.70. The minimum Gasteiger partial charge on any atom is -0.497 e. The van der Waals surface area contributed by atoms with E-state index in [2.05, 4.69) is 45.5 Å². The van der Waals surface area contributed by atoms with Gasteiger partial charge in [-0.3, -0.25) is 9.80 Å². The molecule has 1 atom stereocenters. The zero-order valence-electron chi connectivity index (χ0n) is 16.4. The van der Waals surface area contributed by atoms with Crippen LogP contribution in [0.25, 0.3) is 0 Å². The highest BCUT2D eigenvalue weighted by Gasteiger charge is 2.31. The lowest BCUT2D eigenvalue weighted by Gasteiger charge is -2.44. The fourth-order valence-corrected chi connectivity index (χ4v) is 6.51. The molecular weight excluding hydrogens is 380 g/mol. The second-order valence-electron chi connectivity index (χ2n) is 7.16. The first-order chi connectivity index (χ1) is 13.2. The predicted octanol–water partition coefficient (Wildman–Crippen LogP) is 2.42. The first-order valence-corrected chi connectivity index (χ1v) is 12.0. The van der Waals surface area contributed by atoms with Crippen LogP contribution >= 0.6 is 23.5 Å². The normalized spacial score (nSPS) is 23.1. The third-order valence-corrected chi connectivity index (χ3v) is 7.89. The Bertz CT molecular complexity index is 560. The van der Waals surface area contributed by atoms with Crippen LogP contribution in [-0.2, 0) is 6.54 Å². The largest absolute Gasteiger partial charge is 0.497 e. The van der Waals surface area contributed by atoms with Crippen LogP contribution in [0, 0.1) is 0 Å². The maximum atomic E-state index is 9.61. The molecule has 5 nitrogen and oxygen atoms in total. The minimum absolute atomic E-state index is 0.241. The van der Waals surface area contributed by atoms with Gasteiger partial charge in [-0.25, -0.2) is 0 Å². The molecule has 152 valence electrons. The summed E-state index contributed by atoms with van der Waals surface area (Å²) in [6.45, 7) is 4.29. The highest BCUT2D eigenvalue weighted by atomic mass is 32.2. The van der Waals surface area contributed by atoms with Gasteiger partial charge in [0.25, 0.3) is 0 Å². The van der Waals surface area contributed by atoms with Gasteiger partial charge in [0.15, 0.2) is 0 Å². The lowest BCUT2D eigenvalue weighted by Crippen LogP contribution is -2.56. The number of aliphatic hydroxyl groups is 1. The summed E-state index contributed by atoms with van der Waals surface area (Å²) < 4.78 is 10.8. The van der Waals surface area contributed by atoms with Gasteiger partial charge in [-0.2, -0.15) is 23.5 Å². The van der Waals surface area contributed by atoms with Crippen molar-refractivity contribution < 1.29 is 14.6 Å². The summed E-state index contributed by atoms with van der Waals surface area (Å²) in [4.78, 5) is 5.17. The third-order valence-electron chi connectivity index (χ3n) is 5.40. The summed E-state index contributed by atoms with van der Waals surface area (Å²) in [6, 6.07) is 7.14. The molecule has 2 aliphatic heterocycles. The molecule has 1 aromatic rings. The average Bonchev–Trinajstić information content (AvgIpc) is 2.98. The van der Waals surface area contributed by atoms with Gasteiger partial charge in [0.1, 0.15) is 11.5 Å². The maximum absolute atomic E-state index is 9.61. The van der Waals surface area contributed by atoms with E-state index in [-0.39, 0.29) is 6.61 Å². The fraction of sp³-hybridized carbons (Fsp3) is 0.700. The Labute approximate surface area is 171 Å². The first kappa shape index (κ1) is 21.1. The summed E-state index contributed by atoms with van der Waals surface area (Å²) >= 11 is 4.18. The molecule has 0 bridgehead atoms. The summed E-state index contributed by atoms with van der Waals surface area (Å²) in [7, 11) is 3.38. The van der Waals surface area contributed by atoms with Crippen molar-refractivity contribution >= 4 is 23.5 Å². The molecule has 2 heterocycles. The molecule has 27 heavy (non-hydrogen) atoms. The van der Waals surface area contributed by atoms with Gasteiger partial charge >= 0.3 is 0 Å². The van der Waals surface area contributed by atoms with Crippen molar-refractivity contribution in [2.24, 2.45) is 0 Å². The zero-order valence-corrected chi connectivity index (χ0v) is 18.1. The van der Waals surface area contributed by atoms with E-state index in [9.17, 15) is 5.11 Å². The molecule has 1 N–H and O–H groups in total. The molecule has 2 saturated heterocycles. The molecule has 0 saturated carbocycles. The van der Waals surface area contributed by atoms with E-state index >= 15 is 0 Å². The van der Waals surface area contributed by atoms with Crippen molar-refractivity contribution in [2.45, 2.75) is 25.0 Å². The molecule has 0 amide bonds. The van der Waals surface area contributed by atoms with Crippen LogP contribution in [0.5, 0.6) is 11.5 Å². The molecule has 2 fully saturated rings. The zero-order chi connectivity index (χ0) is 19.1. The van der Waals surface area contributed by atoms with Crippen LogP contribution in [0.4, 0.5) is 0 Å². The van der Waals surface area contributed by atoms with Gasteiger partial charge in [0, 0.05) is 73.9 Å². The predicted molar refractivity (Wildman–Crippen MR) is 115 cm³/mol. The van der Waals surface area contributed by atoms with Crippen molar-refractivity contribution in [2.75, 3.05) is 63.5 Å². The number of nitrogens with zero attached hydrogens (tertiary/aromatic N) is 2. The number of methoxy groups -OCH3 is 2. The molecule has 0 unspecified atom stereocenters. The van der Waals surface area contributed by atoms with E-state index in [1.54, 1.807) is 14.2 Å². The molecule has 0 aliphatic carbocycles. The smallest absolute Gasteiger partial charge is 0.122 e. The highest BCUT2D eigenvalue weighted by Crippen LogP contribution is 2.27. The molecule has 0 spiro atoms. The topological polar surface area (TPSA) is 45.2 Å². The molecule has 7 heteroatoms. The van der Waals surface area contributed by atoms with Gasteiger partial charge in [-0.15, -0.1) is 0 Å². The quantitative estimate of drug-likeness (QED) is 0.738. The standard InChI is InChI=1S/C20H32N2O3S2/c1-24-19-9-16(10-20(11-19)25-2)12-21-4-5-22(13-17(21)3-6-23)18-14-26-7-8-27-15-18/h9-11,17-18,23H,3-8,12-15H2,1-2H3/t17-/m0/s1. The van der Waals surface area contributed by atoms with Gasteiger partial charge < -0.3 is 14.6 Å². The number of thioether (sulfide) groups is 2. The Morgan fingerprint density at radius 3 is 2.30 bits per heavy atom. The third kappa shape index (κ3) is 5.94. The number of hydrogen-bond acceptors (Lipinski definition) is 7. The second-order valence-corrected chi connectivity index (χ2v) is 9.46. The van der Waals surface area contributed by atoms with Crippen LogP contribution < -0.4 is 9.47 Å². The Morgan fingerprint density at radius 2 is 1.70 bits per heavy atom. The number of ether oxygens (including phenoxy) is 2. The second kappa shape index (κ2) is 10.8. The van der Waals surface area contributed by atoms with E-state index in [0.717, 1.165) is 44.1 Å². The van der Waals surface area contributed by atoms with Crippen molar-refractivity contribution in [1.82, 2.24) is 9.80 Å². The number of rotatable bonds is 7. The van der Waals surface area contributed by atoms with Crippen molar-refractivity contribution in [3.8, 4) is 11.5 Å². The van der Waals surface area contributed by atoms with Crippen LogP contribution in [-0.4, -0.2) is 90.5 Å². The Morgan fingerprint density at radius 1 is 1.04 bits per heavy atom. The van der Waals surface area contributed by atoms with Crippen molar-refractivity contribution in [1.29, 1.82) is 0 Å². The number of benzene rings is 1. The SMILES string of the molecule is COc1cc(CN2CCN(C3CSCCSC3)C[C@@H]2CCO)cc(OC)c1. The summed E-state index contributed by atoms with van der Waals surface area (Å²) in [5.74, 6) is 6.69. The lowest BCUT2D eigenvalue weighted by molar-refractivity contribution is 0.0407. The Balaban J connectivity index is 1.67. The van der Waals surface area contributed by atoms with Crippen LogP contribution in [0.15, 0.2) is 18.2 Å². The monoisotopic (exact) mass is 412 g/mol. The fourth-order valence-electron chi connectivity index (χ4n) is 3.89. The summed E-state index contributed by atoms with van der Waals surface area (Å²) in [5.41, 5.74) is 1.20. The van der Waals surface area contributed by atoms with E-state index in [0.29, 0.717) is 12.1 Å². The Hall–Kier alpha value is -0.600. The maximum Gasteiger partial charge on any atom is 0.122 e. The molecule has 0 radical (unpaired) electrons. The van der Waals surface area contributed by atoms with Crippen molar-refractivity contribution in [3.05, 3.63) is 23.8 Å². The van der Waals surface area contributed by atoms with Gasteiger partial charge in [-0.1, -0.05) is 0 Å². The summed E-state index contributed by atoms with van der Waals surface area (Å²) in [6.07, 6.45) is 0.824. The average molecular weight is 413 g/mol. The van der Waals surface area contributed by atoms with Gasteiger partial charge in [0.2, 0.25) is 0 Å². The van der Waals surface area contributed by atoms with E-state index < -0.39 is 0 Å². The molecule has 1 aromatic carbocycles. The molecule has 3 rings (SSSR count). The summed E-state index contributed by atoms with van der Waals surface area (Å²) in [5, 5.41) is 9.61. The van der Waals surface area contributed by atoms with Crippen LogP contribution in [0.3, 0.4) is 0 Å². The lowest BCUT2D eigenvalue weighted by atomic mass is 10.1. The number of hydrogen-bond donors (Lipinski definition) is 1. The molecule has 0 aromatic heterocycles. The molecular formula is C20H32N2O3S2. The van der Waals surface area contributed by atoms with Crippen LogP contribution in [0.1, 0.15) is 12.0 Å². The molecule has 2 aliphatic rings. The highest BCUT2D eigenvalue weighted by molar-refractivity contribution is 8.03. The van der Waals surface area contributed by atoms with E-state index in [4.69, 9.17) is 9.47 Å². The Kier molecular flexibility index (Phi) is 8.46. The minimum atomic E-state index is 0.241. The van der Waals surface area contributed by atoms with Crippen molar-refractivity contribution in [3.63, 3.8) is 0 Å².